The average molecular weight is 234 g/mol. The number of fused-ring (bicyclic) bond motifs is 1. The molecule has 1 N–H and O–H groups in total. The molecule has 0 bridgehead atoms. The summed E-state index contributed by atoms with van der Waals surface area (Å²) in [5, 5.41) is 3.47. The van der Waals surface area contributed by atoms with Gasteiger partial charge in [0.05, 0.1) is 0 Å². The highest BCUT2D eigenvalue weighted by Crippen LogP contribution is 2.41. The molecule has 2 nitrogen and oxygen atoms in total. The van der Waals surface area contributed by atoms with E-state index in [1.165, 1.54) is 6.07 Å². The molecule has 0 aliphatic heterocycles. The summed E-state index contributed by atoms with van der Waals surface area (Å²) in [6.07, 6.45) is 2.20. The largest absolute Gasteiger partial charge is 0.388 e. The van der Waals surface area contributed by atoms with Crippen molar-refractivity contribution < 1.29 is 8.78 Å². The van der Waals surface area contributed by atoms with Gasteiger partial charge in [0.15, 0.2) is 5.82 Å². The van der Waals surface area contributed by atoms with Gasteiger partial charge in [-0.1, -0.05) is 0 Å². The fourth-order valence-corrected chi connectivity index (χ4v) is 2.07. The van der Waals surface area contributed by atoms with Crippen LogP contribution in [0.5, 0.6) is 0 Å². The predicted molar refractivity (Wildman–Crippen MR) is 63.2 cm³/mol. The summed E-state index contributed by atoms with van der Waals surface area (Å²) in [6, 6.07) is 4.08. The van der Waals surface area contributed by atoms with Crippen LogP contribution in [-0.4, -0.2) is 12.0 Å². The molecular formula is C13H12F2N2. The number of nitrogens with zero attached hydrogens (tertiary/aromatic N) is 1. The van der Waals surface area contributed by atoms with E-state index in [1.807, 2.05) is 6.07 Å². The van der Waals surface area contributed by atoms with Crippen LogP contribution in [0.25, 0.3) is 10.9 Å². The van der Waals surface area contributed by atoms with E-state index in [0.717, 1.165) is 30.3 Å². The molecule has 4 heteroatoms. The summed E-state index contributed by atoms with van der Waals surface area (Å²) < 4.78 is 26.9. The number of nitrogens with one attached hydrogen (secondary N) is 1. The van der Waals surface area contributed by atoms with E-state index < -0.39 is 11.6 Å². The van der Waals surface area contributed by atoms with Crippen LogP contribution in [0.3, 0.4) is 0 Å². The molecular weight excluding hydrogens is 222 g/mol. The van der Waals surface area contributed by atoms with Crippen molar-refractivity contribution in [1.29, 1.82) is 0 Å². The van der Waals surface area contributed by atoms with E-state index in [9.17, 15) is 8.78 Å². The maximum Gasteiger partial charge on any atom is 0.152 e. The van der Waals surface area contributed by atoms with Crippen LogP contribution >= 0.6 is 0 Å². The number of halogens is 2. The number of hydrogen-bond acceptors (Lipinski definition) is 2. The smallest absolute Gasteiger partial charge is 0.152 e. The molecule has 0 radical (unpaired) electrons. The molecule has 3 rings (SSSR count). The molecule has 2 aromatic rings. The summed E-state index contributed by atoms with van der Waals surface area (Å²) in [5.74, 6) is -0.734. The molecule has 0 unspecified atom stereocenters. The van der Waals surface area contributed by atoms with Crippen molar-refractivity contribution in [3.05, 3.63) is 35.5 Å². The third kappa shape index (κ3) is 1.73. The van der Waals surface area contributed by atoms with Gasteiger partial charge in [-0.15, -0.1) is 0 Å². The van der Waals surface area contributed by atoms with Crippen LogP contribution in [0.1, 0.15) is 24.5 Å². The van der Waals surface area contributed by atoms with Crippen LogP contribution < -0.4 is 5.32 Å². The Morgan fingerprint density at radius 1 is 1.24 bits per heavy atom. The molecule has 1 aromatic heterocycles. The molecule has 1 aromatic carbocycles. The number of benzene rings is 1. The molecule has 0 saturated heterocycles. The number of aromatic nitrogens is 1. The number of hydrogen-bond donors (Lipinski definition) is 1. The lowest BCUT2D eigenvalue weighted by Gasteiger charge is -2.09. The second-order valence-corrected chi connectivity index (χ2v) is 4.40. The molecule has 1 saturated carbocycles. The Labute approximate surface area is 97.7 Å². The summed E-state index contributed by atoms with van der Waals surface area (Å²) in [5.41, 5.74) is 1.88. The minimum Gasteiger partial charge on any atom is -0.388 e. The topological polar surface area (TPSA) is 24.9 Å². The lowest BCUT2D eigenvalue weighted by Crippen LogP contribution is -1.98. The van der Waals surface area contributed by atoms with E-state index in [-0.39, 0.29) is 5.52 Å². The zero-order chi connectivity index (χ0) is 12.0. The van der Waals surface area contributed by atoms with Crippen LogP contribution in [0.2, 0.25) is 0 Å². The quantitative estimate of drug-likeness (QED) is 0.861. The third-order valence-corrected chi connectivity index (χ3v) is 3.12. The van der Waals surface area contributed by atoms with Crippen LogP contribution in [0.4, 0.5) is 14.5 Å². The lowest BCUT2D eigenvalue weighted by atomic mass is 10.1. The van der Waals surface area contributed by atoms with Gasteiger partial charge in [0.25, 0.3) is 0 Å². The van der Waals surface area contributed by atoms with Crippen molar-refractivity contribution in [1.82, 2.24) is 4.98 Å². The van der Waals surface area contributed by atoms with Crippen molar-refractivity contribution in [2.24, 2.45) is 0 Å². The van der Waals surface area contributed by atoms with Gasteiger partial charge < -0.3 is 5.32 Å². The zero-order valence-corrected chi connectivity index (χ0v) is 9.43. The monoisotopic (exact) mass is 234 g/mol. The zero-order valence-electron chi connectivity index (χ0n) is 9.43. The van der Waals surface area contributed by atoms with Crippen molar-refractivity contribution in [2.45, 2.75) is 18.8 Å². The second-order valence-electron chi connectivity index (χ2n) is 4.40. The van der Waals surface area contributed by atoms with Crippen molar-refractivity contribution in [2.75, 3.05) is 12.4 Å². The van der Waals surface area contributed by atoms with Crippen molar-refractivity contribution in [3.63, 3.8) is 0 Å². The molecule has 1 aliphatic carbocycles. The van der Waals surface area contributed by atoms with Gasteiger partial charge in [0.2, 0.25) is 0 Å². The van der Waals surface area contributed by atoms with E-state index >= 15 is 0 Å². The molecule has 0 atom stereocenters. The summed E-state index contributed by atoms with van der Waals surface area (Å²) in [4.78, 5) is 4.30. The Morgan fingerprint density at radius 2 is 2.00 bits per heavy atom. The molecule has 0 spiro atoms. The Morgan fingerprint density at radius 3 is 2.65 bits per heavy atom. The van der Waals surface area contributed by atoms with Gasteiger partial charge in [-0.3, -0.25) is 0 Å². The average Bonchev–Trinajstić information content (AvgIpc) is 3.11. The normalized spacial score (nSPS) is 15.2. The molecule has 0 amide bonds. The first-order valence-corrected chi connectivity index (χ1v) is 5.66. The highest BCUT2D eigenvalue weighted by molar-refractivity contribution is 5.92. The summed E-state index contributed by atoms with van der Waals surface area (Å²) in [7, 11) is 1.74. The second kappa shape index (κ2) is 3.65. The van der Waals surface area contributed by atoms with Gasteiger partial charge in [0.1, 0.15) is 11.3 Å². The first-order valence-electron chi connectivity index (χ1n) is 5.66. The van der Waals surface area contributed by atoms with Crippen molar-refractivity contribution in [3.8, 4) is 0 Å². The Balaban J connectivity index is 2.31. The van der Waals surface area contributed by atoms with Gasteiger partial charge in [-0.25, -0.2) is 13.8 Å². The number of anilines is 1. The summed E-state index contributed by atoms with van der Waals surface area (Å²) >= 11 is 0. The van der Waals surface area contributed by atoms with Crippen LogP contribution in [0, 0.1) is 11.6 Å². The van der Waals surface area contributed by atoms with E-state index in [4.69, 9.17) is 0 Å². The van der Waals surface area contributed by atoms with Crippen LogP contribution in [-0.2, 0) is 0 Å². The maximum absolute atomic E-state index is 13.7. The molecule has 1 aliphatic rings. The fraction of sp³-hybridized carbons (Fsp3) is 0.308. The maximum atomic E-state index is 13.7. The fourth-order valence-electron chi connectivity index (χ4n) is 2.07. The first-order chi connectivity index (χ1) is 8.19. The van der Waals surface area contributed by atoms with Gasteiger partial charge in [-0.05, 0) is 25.0 Å². The lowest BCUT2D eigenvalue weighted by molar-refractivity contribution is 0.590. The SMILES string of the molecule is CNc1cc(C2CC2)nc2c(F)cc(F)cc12. The van der Waals surface area contributed by atoms with E-state index in [0.29, 0.717) is 11.3 Å². The molecule has 88 valence electrons. The molecule has 17 heavy (non-hydrogen) atoms. The Bertz CT molecular complexity index is 591. The highest BCUT2D eigenvalue weighted by atomic mass is 19.1. The Hall–Kier alpha value is -1.71. The van der Waals surface area contributed by atoms with Gasteiger partial charge in [-0.2, -0.15) is 0 Å². The van der Waals surface area contributed by atoms with E-state index in [2.05, 4.69) is 10.3 Å². The minimum absolute atomic E-state index is 0.250. The minimum atomic E-state index is -0.598. The summed E-state index contributed by atoms with van der Waals surface area (Å²) in [6.45, 7) is 0. The first kappa shape index (κ1) is 10.4. The van der Waals surface area contributed by atoms with Crippen molar-refractivity contribution >= 4 is 16.6 Å². The number of pyridine rings is 1. The molecule has 1 heterocycles. The van der Waals surface area contributed by atoms with Gasteiger partial charge >= 0.3 is 0 Å². The Kier molecular flexibility index (Phi) is 2.24. The van der Waals surface area contributed by atoms with E-state index in [1.54, 1.807) is 7.05 Å². The molecule has 1 fully saturated rings. The highest BCUT2D eigenvalue weighted by Gasteiger charge is 2.26. The van der Waals surface area contributed by atoms with Gasteiger partial charge in [0, 0.05) is 35.8 Å². The standard InChI is InChI=1S/C13H12F2N2/c1-16-12-6-11(7-2-3-7)17-13-9(12)4-8(14)5-10(13)15/h4-7H,2-3H2,1H3,(H,16,17). The predicted octanol–water partition coefficient (Wildman–Crippen LogP) is 3.43. The van der Waals surface area contributed by atoms with Crippen LogP contribution in [0.15, 0.2) is 18.2 Å². The third-order valence-electron chi connectivity index (χ3n) is 3.12. The number of rotatable bonds is 2.